The van der Waals surface area contributed by atoms with E-state index in [0.717, 1.165) is 13.1 Å². The Kier molecular flexibility index (Phi) is 7.08. The molecule has 2 N–H and O–H groups in total. The van der Waals surface area contributed by atoms with Gasteiger partial charge in [-0.15, -0.1) is 0 Å². The Hall–Kier alpha value is -0.170. The number of likely N-dealkylation sites (N-methyl/N-ethyl adjacent to an activating group) is 1. The molecule has 0 spiro atoms. The third-order valence-corrected chi connectivity index (χ3v) is 3.37. The number of aliphatic hydroxyl groups excluding tert-OH is 1. The lowest BCUT2D eigenvalue weighted by molar-refractivity contribution is 0.307. The van der Waals surface area contributed by atoms with Crippen molar-refractivity contribution in [2.75, 3.05) is 38.5 Å². The van der Waals surface area contributed by atoms with Gasteiger partial charge in [-0.2, -0.15) is 0 Å². The van der Waals surface area contributed by atoms with Crippen LogP contribution in [-0.2, 0) is 10.0 Å². The van der Waals surface area contributed by atoms with Crippen LogP contribution in [0.4, 0.5) is 0 Å². The first-order valence-corrected chi connectivity index (χ1v) is 6.51. The molecule has 0 saturated heterocycles. The number of aliphatic hydroxyl groups is 1. The van der Waals surface area contributed by atoms with E-state index in [2.05, 4.69) is 9.62 Å². The first kappa shape index (κ1) is 13.8. The van der Waals surface area contributed by atoms with Crippen molar-refractivity contribution in [3.05, 3.63) is 0 Å². The van der Waals surface area contributed by atoms with E-state index in [1.165, 1.54) is 0 Å². The number of hydrogen-bond donors (Lipinski definition) is 2. The molecule has 0 unspecified atom stereocenters. The van der Waals surface area contributed by atoms with Crippen molar-refractivity contribution in [3.63, 3.8) is 0 Å². The lowest BCUT2D eigenvalue weighted by Crippen LogP contribution is -2.36. The average molecular weight is 224 g/mol. The molecule has 0 aliphatic carbocycles. The molecule has 0 aliphatic heterocycles. The van der Waals surface area contributed by atoms with E-state index in [9.17, 15) is 8.42 Å². The van der Waals surface area contributed by atoms with Crippen molar-refractivity contribution in [2.45, 2.75) is 13.8 Å². The first-order valence-electron chi connectivity index (χ1n) is 4.86. The van der Waals surface area contributed by atoms with Crippen molar-refractivity contribution in [2.24, 2.45) is 0 Å². The molecule has 0 aromatic carbocycles. The smallest absolute Gasteiger partial charge is 0.213 e. The highest BCUT2D eigenvalue weighted by molar-refractivity contribution is 7.89. The van der Waals surface area contributed by atoms with Gasteiger partial charge in [0.05, 0.1) is 12.4 Å². The number of rotatable bonds is 8. The van der Waals surface area contributed by atoms with Gasteiger partial charge in [-0.05, 0) is 13.1 Å². The minimum atomic E-state index is -3.27. The summed E-state index contributed by atoms with van der Waals surface area (Å²) in [6.45, 7) is 6.68. The van der Waals surface area contributed by atoms with Crippen LogP contribution in [0, 0.1) is 0 Å². The van der Waals surface area contributed by atoms with E-state index in [1.807, 2.05) is 13.8 Å². The SMILES string of the molecule is CCN(CC)CCNS(=O)(=O)CCO. The Bertz CT molecular complexity index is 225. The fourth-order valence-electron chi connectivity index (χ4n) is 1.09. The molecule has 0 aromatic rings. The van der Waals surface area contributed by atoms with Gasteiger partial charge in [0.1, 0.15) is 0 Å². The van der Waals surface area contributed by atoms with Crippen LogP contribution in [0.25, 0.3) is 0 Å². The topological polar surface area (TPSA) is 69.6 Å². The summed E-state index contributed by atoms with van der Waals surface area (Å²) < 4.78 is 24.6. The molecular formula is C8H20N2O3S. The highest BCUT2D eigenvalue weighted by atomic mass is 32.2. The predicted octanol–water partition coefficient (Wildman–Crippen LogP) is -0.760. The van der Waals surface area contributed by atoms with Crippen LogP contribution in [0.2, 0.25) is 0 Å². The van der Waals surface area contributed by atoms with Crippen LogP contribution in [0.3, 0.4) is 0 Å². The van der Waals surface area contributed by atoms with Crippen molar-refractivity contribution in [1.82, 2.24) is 9.62 Å². The summed E-state index contributed by atoms with van der Waals surface area (Å²) in [6.07, 6.45) is 0. The molecule has 5 nitrogen and oxygen atoms in total. The van der Waals surface area contributed by atoms with Gasteiger partial charge in [0.2, 0.25) is 10.0 Å². The van der Waals surface area contributed by atoms with Crippen molar-refractivity contribution in [1.29, 1.82) is 0 Å². The molecular weight excluding hydrogens is 204 g/mol. The maximum Gasteiger partial charge on any atom is 0.213 e. The fraction of sp³-hybridized carbons (Fsp3) is 1.00. The van der Waals surface area contributed by atoms with E-state index in [4.69, 9.17) is 5.11 Å². The third kappa shape index (κ3) is 6.31. The minimum Gasteiger partial charge on any atom is -0.395 e. The average Bonchev–Trinajstić information content (AvgIpc) is 2.12. The number of sulfonamides is 1. The largest absolute Gasteiger partial charge is 0.395 e. The Morgan fingerprint density at radius 3 is 2.29 bits per heavy atom. The lowest BCUT2D eigenvalue weighted by Gasteiger charge is -2.17. The highest BCUT2D eigenvalue weighted by Gasteiger charge is 2.08. The molecule has 0 heterocycles. The van der Waals surface area contributed by atoms with Gasteiger partial charge >= 0.3 is 0 Å². The van der Waals surface area contributed by atoms with Gasteiger partial charge in [-0.3, -0.25) is 0 Å². The molecule has 0 aromatic heterocycles. The predicted molar refractivity (Wildman–Crippen MR) is 56.7 cm³/mol. The van der Waals surface area contributed by atoms with E-state index < -0.39 is 10.0 Å². The van der Waals surface area contributed by atoms with E-state index in [-0.39, 0.29) is 12.4 Å². The number of nitrogens with zero attached hydrogens (tertiary/aromatic N) is 1. The molecule has 0 rings (SSSR count). The van der Waals surface area contributed by atoms with Gasteiger partial charge in [0, 0.05) is 13.1 Å². The molecule has 0 aliphatic rings. The van der Waals surface area contributed by atoms with Crippen LogP contribution >= 0.6 is 0 Å². The molecule has 0 saturated carbocycles. The highest BCUT2D eigenvalue weighted by Crippen LogP contribution is 1.87. The Balaban J connectivity index is 3.72. The van der Waals surface area contributed by atoms with Crippen LogP contribution in [0.5, 0.6) is 0 Å². The first-order chi connectivity index (χ1) is 6.55. The van der Waals surface area contributed by atoms with Crippen molar-refractivity contribution >= 4 is 10.0 Å². The second kappa shape index (κ2) is 7.17. The zero-order valence-electron chi connectivity index (χ0n) is 8.86. The quantitative estimate of drug-likeness (QED) is 0.568. The number of nitrogens with one attached hydrogen (secondary N) is 1. The molecule has 0 amide bonds. The van der Waals surface area contributed by atoms with Crippen LogP contribution in [-0.4, -0.2) is 57.0 Å². The summed E-state index contributed by atoms with van der Waals surface area (Å²) in [6, 6.07) is 0. The Morgan fingerprint density at radius 1 is 1.29 bits per heavy atom. The third-order valence-electron chi connectivity index (χ3n) is 2.00. The van der Waals surface area contributed by atoms with E-state index >= 15 is 0 Å². The molecule has 6 heteroatoms. The van der Waals surface area contributed by atoms with Crippen LogP contribution in [0.1, 0.15) is 13.8 Å². The van der Waals surface area contributed by atoms with Crippen LogP contribution in [0.15, 0.2) is 0 Å². The summed E-state index contributed by atoms with van der Waals surface area (Å²) in [4.78, 5) is 2.13. The second-order valence-corrected chi connectivity index (χ2v) is 4.89. The normalized spacial score (nSPS) is 12.3. The standard InChI is InChI=1S/C8H20N2O3S/c1-3-10(4-2)6-5-9-14(12,13)8-7-11/h9,11H,3-8H2,1-2H3. The van der Waals surface area contributed by atoms with Crippen LogP contribution < -0.4 is 4.72 Å². The molecule has 0 fully saturated rings. The molecule has 86 valence electrons. The van der Waals surface area contributed by atoms with E-state index in [1.54, 1.807) is 0 Å². The summed E-state index contributed by atoms with van der Waals surface area (Å²) >= 11 is 0. The van der Waals surface area contributed by atoms with Gasteiger partial charge in [-0.1, -0.05) is 13.8 Å². The van der Waals surface area contributed by atoms with E-state index in [0.29, 0.717) is 13.1 Å². The zero-order chi connectivity index (χ0) is 11.0. The summed E-state index contributed by atoms with van der Waals surface area (Å²) in [5.41, 5.74) is 0. The Labute approximate surface area is 86.2 Å². The minimum absolute atomic E-state index is 0.217. The van der Waals surface area contributed by atoms with Crippen molar-refractivity contribution in [3.8, 4) is 0 Å². The maximum atomic E-state index is 11.1. The fourth-order valence-corrected chi connectivity index (χ4v) is 1.88. The van der Waals surface area contributed by atoms with Gasteiger partial charge in [0.25, 0.3) is 0 Å². The summed E-state index contributed by atoms with van der Waals surface area (Å²) in [5.74, 6) is -0.217. The second-order valence-electron chi connectivity index (χ2n) is 2.96. The Morgan fingerprint density at radius 2 is 1.86 bits per heavy atom. The maximum absolute atomic E-state index is 11.1. The molecule has 0 bridgehead atoms. The van der Waals surface area contributed by atoms with Gasteiger partial charge in [-0.25, -0.2) is 13.1 Å². The summed E-state index contributed by atoms with van der Waals surface area (Å²) in [7, 11) is -3.27. The van der Waals surface area contributed by atoms with Gasteiger partial charge < -0.3 is 10.0 Å². The molecule has 0 atom stereocenters. The molecule has 14 heavy (non-hydrogen) atoms. The molecule has 0 radical (unpaired) electrons. The van der Waals surface area contributed by atoms with Gasteiger partial charge in [0.15, 0.2) is 0 Å². The summed E-state index contributed by atoms with van der Waals surface area (Å²) in [5, 5.41) is 8.47. The number of hydrogen-bond acceptors (Lipinski definition) is 4. The zero-order valence-corrected chi connectivity index (χ0v) is 9.68. The lowest BCUT2D eigenvalue weighted by atomic mass is 10.5. The van der Waals surface area contributed by atoms with Crippen molar-refractivity contribution < 1.29 is 13.5 Å². The monoisotopic (exact) mass is 224 g/mol.